The van der Waals surface area contributed by atoms with Crippen LogP contribution >= 0.6 is 0 Å². The second-order valence-electron chi connectivity index (χ2n) is 10.6. The third-order valence-electron chi connectivity index (χ3n) is 7.61. The summed E-state index contributed by atoms with van der Waals surface area (Å²) in [6.07, 6.45) is 3.15. The zero-order chi connectivity index (χ0) is 32.8. The number of aryl methyl sites for hydroxylation is 1. The van der Waals surface area contributed by atoms with Crippen LogP contribution in [0, 0.1) is 19.0 Å². The maximum absolute atomic E-state index is 8.41. The third kappa shape index (κ3) is 5.59. The first-order valence-electron chi connectivity index (χ1n) is 16.1. The Hall–Kier alpha value is -4.51. The molecule has 4 aromatic carbocycles. The van der Waals surface area contributed by atoms with Gasteiger partial charge in [-0.05, 0) is 59.4 Å². The molecule has 44 heavy (non-hydrogen) atoms. The van der Waals surface area contributed by atoms with Gasteiger partial charge in [0.05, 0.1) is 0 Å². The molecule has 0 bridgehead atoms. The van der Waals surface area contributed by atoms with Crippen molar-refractivity contribution in [2.24, 2.45) is 0 Å². The largest absolute Gasteiger partial charge is 0.503 e. The van der Waals surface area contributed by atoms with Crippen molar-refractivity contribution in [3.05, 3.63) is 139 Å². The molecule has 0 amide bonds. The Morgan fingerprint density at radius 1 is 0.773 bits per heavy atom. The second-order valence-corrected chi connectivity index (χ2v) is 10.6. The number of para-hydroxylation sites is 1. The average Bonchev–Trinajstić information content (AvgIpc) is 3.08. The summed E-state index contributed by atoms with van der Waals surface area (Å²) in [5, 5.41) is 0. The van der Waals surface area contributed by atoms with Gasteiger partial charge in [-0.25, -0.2) is 0 Å². The fourth-order valence-corrected chi connectivity index (χ4v) is 5.52. The van der Waals surface area contributed by atoms with E-state index in [1.807, 2.05) is 86.6 Å². The van der Waals surface area contributed by atoms with Crippen LogP contribution in [0.1, 0.15) is 36.4 Å². The number of hydrogen-bond donors (Lipinski definition) is 0. The van der Waals surface area contributed by atoms with Crippen molar-refractivity contribution in [3.63, 3.8) is 0 Å². The van der Waals surface area contributed by atoms with Crippen molar-refractivity contribution in [2.45, 2.75) is 26.6 Å². The van der Waals surface area contributed by atoms with E-state index in [1.165, 1.54) is 6.20 Å². The SMILES string of the molecule is [2H]C(C)(C)c1ccnc(-c2[c-]ccc3c2Oc2cccc4c2B3c2ccccc2O4)c1.[2H]C([2H])([2H])c1ccc(-c2[c-]cccc2)nc1.[Ir]. The second kappa shape index (κ2) is 12.6. The standard InChI is InChI=1S/C26H19BNO2.C12H10N.Ir/c1-16(2)17-13-14-28-21(15-17)18-7-5-9-20-26(18)30-24-12-6-11-23-25(24)27(20)19-8-3-4-10-22(19)29-23;1-10-7-8-12(13-9-10)11-5-3-2-4-6-11;/h3-6,8-16H,1-2H3;2-5,7-9H,1H3;/q2*-1;/i16D;1D3;. The molecule has 0 saturated carbocycles. The molecular formula is C38H29BIrN2O2-2. The Labute approximate surface area is 278 Å². The number of ether oxygens (including phenoxy) is 2. The van der Waals surface area contributed by atoms with Crippen molar-refractivity contribution >= 4 is 23.1 Å². The molecule has 2 aliphatic rings. The molecule has 0 atom stereocenters. The molecular weight excluding hydrogens is 719 g/mol. The molecule has 0 spiro atoms. The van der Waals surface area contributed by atoms with Gasteiger partial charge < -0.3 is 19.4 Å². The fourth-order valence-electron chi connectivity index (χ4n) is 5.52. The number of hydrogen-bond acceptors (Lipinski definition) is 4. The van der Waals surface area contributed by atoms with Crippen LogP contribution in [0.3, 0.4) is 0 Å². The first kappa shape index (κ1) is 24.9. The van der Waals surface area contributed by atoms with Crippen LogP contribution in [0.5, 0.6) is 23.0 Å². The molecule has 0 saturated heterocycles. The average molecular weight is 753 g/mol. The molecule has 8 rings (SSSR count). The number of fused-ring (bicyclic) bond motifs is 4. The molecule has 4 nitrogen and oxygen atoms in total. The first-order chi connectivity index (χ1) is 22.6. The smallest absolute Gasteiger partial charge is 0.241 e. The van der Waals surface area contributed by atoms with Crippen molar-refractivity contribution in [1.82, 2.24) is 9.97 Å². The number of pyridine rings is 2. The van der Waals surface area contributed by atoms with E-state index in [4.69, 9.17) is 15.0 Å². The number of nitrogens with zero attached hydrogens (tertiary/aromatic N) is 2. The molecule has 1 radical (unpaired) electrons. The minimum absolute atomic E-state index is 0. The van der Waals surface area contributed by atoms with E-state index in [9.17, 15) is 0 Å². The van der Waals surface area contributed by atoms with E-state index in [0.717, 1.165) is 67.5 Å². The normalized spacial score (nSPS) is 13.7. The Morgan fingerprint density at radius 3 is 2.36 bits per heavy atom. The molecule has 217 valence electrons. The molecule has 2 aliphatic heterocycles. The molecule has 0 unspecified atom stereocenters. The van der Waals surface area contributed by atoms with Crippen LogP contribution in [0.4, 0.5) is 0 Å². The summed E-state index contributed by atoms with van der Waals surface area (Å²) in [4.78, 5) is 8.72. The molecule has 6 heteroatoms. The van der Waals surface area contributed by atoms with Crippen molar-refractivity contribution < 1.29 is 35.1 Å². The van der Waals surface area contributed by atoms with E-state index < -0.39 is 12.7 Å². The summed E-state index contributed by atoms with van der Waals surface area (Å²) in [5.41, 5.74) is 7.57. The van der Waals surface area contributed by atoms with Crippen molar-refractivity contribution in [3.8, 4) is 45.5 Å². The van der Waals surface area contributed by atoms with Gasteiger partial charge in [-0.15, -0.1) is 59.6 Å². The van der Waals surface area contributed by atoms with Gasteiger partial charge in [-0.1, -0.05) is 67.4 Å². The maximum atomic E-state index is 8.41. The van der Waals surface area contributed by atoms with Gasteiger partial charge in [0, 0.05) is 49.2 Å². The van der Waals surface area contributed by atoms with Gasteiger partial charge in [-0.2, -0.15) is 0 Å². The summed E-state index contributed by atoms with van der Waals surface area (Å²) >= 11 is 0. The van der Waals surface area contributed by atoms with E-state index in [1.54, 1.807) is 24.4 Å². The third-order valence-corrected chi connectivity index (χ3v) is 7.61. The molecule has 2 aromatic heterocycles. The van der Waals surface area contributed by atoms with Crippen LogP contribution in [0.25, 0.3) is 22.5 Å². The summed E-state index contributed by atoms with van der Waals surface area (Å²) in [7, 11) is 0. The van der Waals surface area contributed by atoms with Crippen LogP contribution in [-0.4, -0.2) is 16.7 Å². The van der Waals surface area contributed by atoms with Gasteiger partial charge in [0.1, 0.15) is 17.2 Å². The number of benzene rings is 4. The Kier molecular flexibility index (Phi) is 7.14. The minimum atomic E-state index is -2.09. The number of aromatic nitrogens is 2. The maximum Gasteiger partial charge on any atom is 0.241 e. The monoisotopic (exact) mass is 753 g/mol. The van der Waals surface area contributed by atoms with E-state index in [2.05, 4.69) is 34.2 Å². The predicted molar refractivity (Wildman–Crippen MR) is 174 cm³/mol. The topological polar surface area (TPSA) is 44.2 Å². The zero-order valence-corrected chi connectivity index (χ0v) is 26.5. The van der Waals surface area contributed by atoms with Gasteiger partial charge in [-0.3, -0.25) is 0 Å². The minimum Gasteiger partial charge on any atom is -0.503 e. The summed E-state index contributed by atoms with van der Waals surface area (Å²) in [5.74, 6) is 2.55. The van der Waals surface area contributed by atoms with Crippen LogP contribution in [0.15, 0.2) is 116 Å². The van der Waals surface area contributed by atoms with Crippen LogP contribution in [-0.2, 0) is 20.1 Å². The Balaban J connectivity index is 0.000000201. The molecule has 0 N–H and O–H groups in total. The van der Waals surface area contributed by atoms with E-state index in [0.29, 0.717) is 0 Å². The van der Waals surface area contributed by atoms with Crippen molar-refractivity contribution in [1.29, 1.82) is 0 Å². The molecule has 0 aliphatic carbocycles. The molecule has 0 fully saturated rings. The summed E-state index contributed by atoms with van der Waals surface area (Å²) in [6.45, 7) is 1.68. The Bertz CT molecular complexity index is 2080. The summed E-state index contributed by atoms with van der Waals surface area (Å²) < 4.78 is 42.7. The first-order valence-corrected chi connectivity index (χ1v) is 14.1. The molecule has 4 heterocycles. The van der Waals surface area contributed by atoms with Gasteiger partial charge in [0.25, 0.3) is 0 Å². The fraction of sp³-hybridized carbons (Fsp3) is 0.105. The number of rotatable bonds is 3. The van der Waals surface area contributed by atoms with Crippen molar-refractivity contribution in [2.75, 3.05) is 0 Å². The molecule has 6 aromatic rings. The van der Waals surface area contributed by atoms with E-state index >= 15 is 0 Å². The van der Waals surface area contributed by atoms with E-state index in [-0.39, 0.29) is 32.4 Å². The van der Waals surface area contributed by atoms with Gasteiger partial charge in [0.15, 0.2) is 0 Å². The summed E-state index contributed by atoms with van der Waals surface area (Å²) in [6, 6.07) is 39.1. The zero-order valence-electron chi connectivity index (χ0n) is 28.1. The Morgan fingerprint density at radius 2 is 1.59 bits per heavy atom. The van der Waals surface area contributed by atoms with Gasteiger partial charge in [0.2, 0.25) is 6.71 Å². The van der Waals surface area contributed by atoms with Gasteiger partial charge >= 0.3 is 0 Å². The van der Waals surface area contributed by atoms with Crippen LogP contribution in [0.2, 0.25) is 0 Å². The quantitative estimate of drug-likeness (QED) is 0.141. The van der Waals surface area contributed by atoms with Crippen LogP contribution < -0.4 is 25.9 Å². The predicted octanol–water partition coefficient (Wildman–Crippen LogP) is 7.25.